The van der Waals surface area contributed by atoms with Crippen molar-refractivity contribution in [3.8, 4) is 0 Å². The summed E-state index contributed by atoms with van der Waals surface area (Å²) >= 11 is 1.66. The maximum Gasteiger partial charge on any atom is 1.00 e. The third kappa shape index (κ3) is 3.58. The quantitative estimate of drug-likeness (QED) is 0.571. The minimum absolute atomic E-state index is 0. The third-order valence-electron chi connectivity index (χ3n) is 7.31. The molecule has 3 heterocycles. The minimum Gasteiger partial charge on any atom is -0.550 e. The Hall–Kier alpha value is -1.12. The molecule has 2 aliphatic heterocycles. The topological polar surface area (TPSA) is 81.2 Å². The summed E-state index contributed by atoms with van der Waals surface area (Å²) in [6, 6.07) is 6.65. The summed E-state index contributed by atoms with van der Waals surface area (Å²) < 4.78 is 0. The van der Waals surface area contributed by atoms with Crippen LogP contribution in [0.2, 0.25) is 0 Å². The molecular weight excluding hydrogens is 407 g/mol. The Kier molecular flexibility index (Phi) is 5.39. The second kappa shape index (κ2) is 7.78. The molecule has 1 saturated heterocycles. The van der Waals surface area contributed by atoms with E-state index in [4.69, 9.17) is 0 Å². The second-order valence-electron chi connectivity index (χ2n) is 9.31. The van der Waals surface area contributed by atoms with Gasteiger partial charge in [0.05, 0.1) is 5.69 Å². The molecule has 3 fully saturated rings. The molecule has 2 aliphatic carbocycles. The Labute approximate surface area is 202 Å². The molecule has 2 unspecified atom stereocenters. The predicted molar refractivity (Wildman–Crippen MR) is 108 cm³/mol. The molecule has 0 radical (unpaired) electrons. The Balaban J connectivity index is 0.00000193. The zero-order valence-corrected chi connectivity index (χ0v) is 20.0. The van der Waals surface area contributed by atoms with Crippen molar-refractivity contribution in [1.29, 1.82) is 0 Å². The summed E-state index contributed by atoms with van der Waals surface area (Å²) in [6.07, 6.45) is 7.55. The van der Waals surface area contributed by atoms with Crippen molar-refractivity contribution >= 4 is 29.2 Å². The third-order valence-corrected chi connectivity index (χ3v) is 8.38. The number of hydrogen-bond donors (Lipinski definition) is 1. The number of carboxylic acid groups (broad SMARTS) is 1. The van der Waals surface area contributed by atoms with Crippen LogP contribution in [0.25, 0.3) is 0 Å². The molecule has 1 spiro atoms. The van der Waals surface area contributed by atoms with Gasteiger partial charge >= 0.3 is 29.6 Å². The van der Waals surface area contributed by atoms with Crippen molar-refractivity contribution in [2.24, 2.45) is 23.2 Å². The number of fused-ring (bicyclic) bond motifs is 3. The van der Waals surface area contributed by atoms with Crippen LogP contribution in [0.4, 0.5) is 11.5 Å². The fourth-order valence-corrected chi connectivity index (χ4v) is 7.02. The molecule has 2 atom stereocenters. The molecular formula is C22H23N4NaO2S. The van der Waals surface area contributed by atoms with Crippen LogP contribution in [0.15, 0.2) is 40.5 Å². The van der Waals surface area contributed by atoms with Crippen LogP contribution in [0.3, 0.4) is 0 Å². The average molecular weight is 431 g/mol. The first-order valence-electron chi connectivity index (χ1n) is 10.4. The largest absolute Gasteiger partial charge is 1.00 e. The monoisotopic (exact) mass is 430 g/mol. The van der Waals surface area contributed by atoms with Crippen LogP contribution in [-0.4, -0.2) is 33.9 Å². The summed E-state index contributed by atoms with van der Waals surface area (Å²) in [5.41, 5.74) is 2.74. The minimum atomic E-state index is -0.845. The maximum absolute atomic E-state index is 11.1. The number of likely N-dealkylation sites (tertiary alicyclic amines) is 1. The summed E-state index contributed by atoms with van der Waals surface area (Å²) in [5.74, 6) is 1.25. The van der Waals surface area contributed by atoms with Gasteiger partial charge in [0.15, 0.2) is 5.82 Å². The molecule has 0 amide bonds. The van der Waals surface area contributed by atoms with Crippen molar-refractivity contribution in [3.63, 3.8) is 0 Å². The fourth-order valence-electron chi connectivity index (χ4n) is 6.15. The first kappa shape index (κ1) is 20.8. The number of benzene rings is 1. The number of carboxylic acids is 1. The summed E-state index contributed by atoms with van der Waals surface area (Å²) in [6.45, 7) is 3.24. The van der Waals surface area contributed by atoms with Crippen molar-refractivity contribution in [3.05, 3.63) is 36.2 Å². The zero-order chi connectivity index (χ0) is 19.6. The molecule has 6 rings (SSSR count). The predicted octanol–water partition coefficient (Wildman–Crippen LogP) is -0.323. The molecule has 8 heteroatoms. The van der Waals surface area contributed by atoms with E-state index in [-0.39, 0.29) is 35.5 Å². The van der Waals surface area contributed by atoms with Gasteiger partial charge < -0.3 is 15.2 Å². The zero-order valence-electron chi connectivity index (χ0n) is 17.1. The number of aromatic nitrogens is 2. The molecule has 4 aliphatic rings. The van der Waals surface area contributed by atoms with Crippen molar-refractivity contribution in [2.45, 2.75) is 42.1 Å². The number of rotatable bonds is 3. The molecule has 150 valence electrons. The Bertz CT molecular complexity index is 981. The van der Waals surface area contributed by atoms with E-state index in [0.717, 1.165) is 60.8 Å². The Morgan fingerprint density at radius 3 is 2.63 bits per heavy atom. The standard InChI is InChI=1S/C22H24N4O2S.Na/c27-21(28)14-6-22(7-14)8-15-11-26(12-16(15)9-22)10-13-1-2-18-17(5-13)25-19-20(29-18)24-4-3-23-19;/h1-5,14-16H,6-12H2,(H,23,25)(H,27,28);/q;+1/p-1. The first-order valence-corrected chi connectivity index (χ1v) is 11.2. The summed E-state index contributed by atoms with van der Waals surface area (Å²) in [7, 11) is 0. The van der Waals surface area contributed by atoms with E-state index in [0.29, 0.717) is 5.41 Å². The summed E-state index contributed by atoms with van der Waals surface area (Å²) in [5, 5.41) is 15.4. The normalized spacial score (nSPS) is 31.1. The van der Waals surface area contributed by atoms with Gasteiger partial charge in [-0.25, -0.2) is 9.97 Å². The molecule has 1 N–H and O–H groups in total. The number of carbonyl (C=O) groups is 1. The van der Waals surface area contributed by atoms with E-state index in [1.54, 1.807) is 24.2 Å². The van der Waals surface area contributed by atoms with Crippen molar-refractivity contribution in [1.82, 2.24) is 14.9 Å². The van der Waals surface area contributed by atoms with Crippen LogP contribution >= 0.6 is 11.8 Å². The molecule has 2 aromatic rings. The average Bonchev–Trinajstić information content (AvgIpc) is 3.20. The number of nitrogens with zero attached hydrogens (tertiary/aromatic N) is 3. The number of anilines is 2. The van der Waals surface area contributed by atoms with Gasteiger partial charge in [-0.2, -0.15) is 0 Å². The van der Waals surface area contributed by atoms with Crippen LogP contribution < -0.4 is 40.0 Å². The van der Waals surface area contributed by atoms with E-state index < -0.39 is 5.97 Å². The van der Waals surface area contributed by atoms with E-state index in [1.807, 2.05) is 0 Å². The SMILES string of the molecule is O=C([O-])C1CC2(C1)CC1CN(Cc3ccc4c(c3)Nc3nccnc3S4)CC1C2.[Na+]. The van der Waals surface area contributed by atoms with Gasteiger partial charge in [-0.3, -0.25) is 4.90 Å². The van der Waals surface area contributed by atoms with Crippen molar-refractivity contribution < 1.29 is 39.5 Å². The number of hydrogen-bond acceptors (Lipinski definition) is 7. The smallest absolute Gasteiger partial charge is 0.550 e. The van der Waals surface area contributed by atoms with E-state index in [2.05, 4.69) is 38.4 Å². The maximum atomic E-state index is 11.1. The van der Waals surface area contributed by atoms with Gasteiger partial charge in [0.1, 0.15) is 5.03 Å². The molecule has 6 nitrogen and oxygen atoms in total. The molecule has 2 saturated carbocycles. The van der Waals surface area contributed by atoms with E-state index in [1.165, 1.54) is 23.3 Å². The van der Waals surface area contributed by atoms with Crippen LogP contribution in [0.1, 0.15) is 31.2 Å². The van der Waals surface area contributed by atoms with Crippen LogP contribution in [0.5, 0.6) is 0 Å². The Morgan fingerprint density at radius 2 is 1.90 bits per heavy atom. The molecule has 0 bridgehead atoms. The fraction of sp³-hybridized carbons (Fsp3) is 0.500. The summed E-state index contributed by atoms with van der Waals surface area (Å²) in [4.78, 5) is 23.6. The van der Waals surface area contributed by atoms with Gasteiger partial charge in [0.2, 0.25) is 0 Å². The molecule has 30 heavy (non-hydrogen) atoms. The van der Waals surface area contributed by atoms with Gasteiger partial charge in [0.25, 0.3) is 0 Å². The molecule has 1 aromatic heterocycles. The number of carbonyl (C=O) groups excluding carboxylic acids is 1. The molecule has 1 aromatic carbocycles. The second-order valence-corrected chi connectivity index (χ2v) is 10.3. The van der Waals surface area contributed by atoms with Crippen molar-refractivity contribution in [2.75, 3.05) is 18.4 Å². The van der Waals surface area contributed by atoms with E-state index >= 15 is 0 Å². The Morgan fingerprint density at radius 1 is 1.17 bits per heavy atom. The van der Waals surface area contributed by atoms with Gasteiger partial charge in [0, 0.05) is 42.9 Å². The number of aliphatic carboxylic acids is 1. The van der Waals surface area contributed by atoms with Crippen LogP contribution in [-0.2, 0) is 11.3 Å². The van der Waals surface area contributed by atoms with E-state index in [9.17, 15) is 9.90 Å². The first-order chi connectivity index (χ1) is 14.1. The van der Waals surface area contributed by atoms with Crippen LogP contribution in [0, 0.1) is 23.2 Å². The van der Waals surface area contributed by atoms with Gasteiger partial charge in [-0.1, -0.05) is 17.8 Å². The number of nitrogens with one attached hydrogen (secondary N) is 1. The van der Waals surface area contributed by atoms with Gasteiger partial charge in [-0.15, -0.1) is 0 Å². The van der Waals surface area contributed by atoms with Gasteiger partial charge in [-0.05, 0) is 66.5 Å².